The Kier molecular flexibility index (Phi) is 9.20. The average molecular weight is 692 g/mol. The molecular formula is C31H27Cl4FN6O3. The number of allylic oxidation sites excluding steroid dienone is 1. The summed E-state index contributed by atoms with van der Waals surface area (Å²) in [4.78, 5) is 39.4. The molecule has 3 aromatic rings. The molecule has 4 heterocycles. The van der Waals surface area contributed by atoms with Crippen LogP contribution in [0.4, 0.5) is 10.1 Å². The number of aliphatic imine (C=N–C) groups is 1. The fraction of sp³-hybridized carbons (Fsp3) is 0.323. The molecule has 45 heavy (non-hydrogen) atoms. The molecule has 9 nitrogen and oxygen atoms in total. The Morgan fingerprint density at radius 1 is 1.18 bits per heavy atom. The van der Waals surface area contributed by atoms with Crippen LogP contribution in [-0.4, -0.2) is 57.4 Å². The number of carbonyl (C=O) groups is 1. The minimum absolute atomic E-state index is 0.0690. The molecular weight excluding hydrogens is 665 g/mol. The van der Waals surface area contributed by atoms with Gasteiger partial charge in [0.15, 0.2) is 5.82 Å². The Balaban J connectivity index is 1.88. The van der Waals surface area contributed by atoms with Gasteiger partial charge in [0, 0.05) is 49.4 Å². The van der Waals surface area contributed by atoms with Crippen LogP contribution < -0.4 is 10.5 Å². The van der Waals surface area contributed by atoms with E-state index in [1.165, 1.54) is 16.7 Å². The van der Waals surface area contributed by atoms with Crippen molar-refractivity contribution < 1.29 is 14.3 Å². The van der Waals surface area contributed by atoms with Gasteiger partial charge in [0.2, 0.25) is 5.91 Å². The molecule has 1 unspecified atom stereocenters. The van der Waals surface area contributed by atoms with E-state index < -0.39 is 38.8 Å². The predicted molar refractivity (Wildman–Crippen MR) is 176 cm³/mol. The summed E-state index contributed by atoms with van der Waals surface area (Å²) in [7, 11) is 0. The topological polar surface area (TPSA) is 115 Å². The normalized spacial score (nSPS) is 18.4. The molecule has 1 fully saturated rings. The van der Waals surface area contributed by atoms with Crippen molar-refractivity contribution in [3.63, 3.8) is 0 Å². The third-order valence-electron chi connectivity index (χ3n) is 8.07. The highest BCUT2D eigenvalue weighted by molar-refractivity contribution is 6.49. The number of anilines is 1. The minimum Gasteiger partial charge on any atom is -0.506 e. The first kappa shape index (κ1) is 32.8. The molecule has 14 heteroatoms. The molecule has 2 aliphatic rings. The second kappa shape index (κ2) is 12.6. The van der Waals surface area contributed by atoms with Gasteiger partial charge in [-0.1, -0.05) is 79.8 Å². The van der Waals surface area contributed by atoms with Crippen LogP contribution in [0.3, 0.4) is 0 Å². The number of phenols is 1. The minimum atomic E-state index is -1.11. The van der Waals surface area contributed by atoms with Gasteiger partial charge in [-0.2, -0.15) is 5.26 Å². The molecule has 1 aromatic carbocycles. The molecule has 2 atom stereocenters. The quantitative estimate of drug-likeness (QED) is 0.175. The molecule has 1 saturated heterocycles. The number of nitriles is 1. The number of aromatic nitrogens is 2. The Morgan fingerprint density at radius 2 is 1.84 bits per heavy atom. The Bertz CT molecular complexity index is 1900. The van der Waals surface area contributed by atoms with E-state index in [1.807, 2.05) is 31.7 Å². The number of aromatic hydroxyl groups is 1. The third kappa shape index (κ3) is 5.46. The number of pyridine rings is 2. The Hall–Kier alpha value is -3.62. The lowest BCUT2D eigenvalue weighted by Crippen LogP contribution is -2.49. The number of hydrogen-bond acceptors (Lipinski definition) is 7. The van der Waals surface area contributed by atoms with Gasteiger partial charge in [0.05, 0.1) is 38.1 Å². The molecule has 1 amide bonds. The first-order chi connectivity index (χ1) is 21.3. The standard InChI is InChI=1S/C31H27Cl4FN6O3/c1-5-19(43)40-8-10-41(11-9-40)28-16-12-18(32)26(20-24(36)22(34)21(33)23(35)29(20)44)39-30(16)42(31(45)17(28)13-37)27-15(4)6-7-38-25(27)14(2)3/h5-7,12,14-15,27,44H,1,8-11H2,2-4H3/t15-,27?/m1/s1. The van der Waals surface area contributed by atoms with Gasteiger partial charge in [0.1, 0.15) is 28.1 Å². The van der Waals surface area contributed by atoms with E-state index in [0.717, 1.165) is 0 Å². The van der Waals surface area contributed by atoms with Gasteiger partial charge in [0.25, 0.3) is 5.56 Å². The summed E-state index contributed by atoms with van der Waals surface area (Å²) in [6.45, 7) is 10.6. The van der Waals surface area contributed by atoms with Crippen LogP contribution in [0, 0.1) is 29.0 Å². The second-order valence-electron chi connectivity index (χ2n) is 11.1. The molecule has 2 aliphatic heterocycles. The highest BCUT2D eigenvalue weighted by Crippen LogP contribution is 2.48. The molecule has 0 bridgehead atoms. The van der Waals surface area contributed by atoms with Crippen molar-refractivity contribution in [2.24, 2.45) is 16.8 Å². The number of nitrogens with zero attached hydrogens (tertiary/aromatic N) is 6. The molecule has 0 radical (unpaired) electrons. The number of rotatable bonds is 5. The van der Waals surface area contributed by atoms with E-state index in [9.17, 15) is 20.0 Å². The van der Waals surface area contributed by atoms with Crippen molar-refractivity contribution in [3.05, 3.63) is 72.8 Å². The molecule has 0 saturated carbocycles. The van der Waals surface area contributed by atoms with Crippen LogP contribution in [-0.2, 0) is 4.79 Å². The van der Waals surface area contributed by atoms with Gasteiger partial charge in [-0.15, -0.1) is 0 Å². The fourth-order valence-corrected chi connectivity index (χ4v) is 6.69. The van der Waals surface area contributed by atoms with Crippen molar-refractivity contribution in [3.8, 4) is 23.1 Å². The third-order valence-corrected chi connectivity index (χ3v) is 9.65. The molecule has 1 N–H and O–H groups in total. The fourth-order valence-electron chi connectivity index (χ4n) is 5.84. The summed E-state index contributed by atoms with van der Waals surface area (Å²) >= 11 is 25.1. The van der Waals surface area contributed by atoms with Crippen molar-refractivity contribution in [1.82, 2.24) is 14.5 Å². The highest BCUT2D eigenvalue weighted by Gasteiger charge is 2.35. The summed E-state index contributed by atoms with van der Waals surface area (Å²) in [6.07, 6.45) is 4.75. The van der Waals surface area contributed by atoms with E-state index in [4.69, 9.17) is 51.4 Å². The van der Waals surface area contributed by atoms with Gasteiger partial charge in [-0.25, -0.2) is 9.37 Å². The molecule has 0 spiro atoms. The molecule has 2 aromatic heterocycles. The number of benzene rings is 1. The lowest BCUT2D eigenvalue weighted by Gasteiger charge is -2.37. The first-order valence-electron chi connectivity index (χ1n) is 14.0. The first-order valence-corrected chi connectivity index (χ1v) is 15.5. The largest absolute Gasteiger partial charge is 0.506 e. The van der Waals surface area contributed by atoms with Crippen LogP contribution in [0.2, 0.25) is 20.1 Å². The van der Waals surface area contributed by atoms with E-state index in [1.54, 1.807) is 11.1 Å². The van der Waals surface area contributed by atoms with E-state index >= 15 is 4.39 Å². The number of fused-ring (bicyclic) bond motifs is 1. The maximum atomic E-state index is 15.6. The summed E-state index contributed by atoms with van der Waals surface area (Å²) < 4.78 is 17.0. The highest BCUT2D eigenvalue weighted by atomic mass is 35.5. The van der Waals surface area contributed by atoms with Crippen LogP contribution in [0.15, 0.2) is 40.8 Å². The van der Waals surface area contributed by atoms with Crippen molar-refractivity contribution in [1.29, 1.82) is 5.26 Å². The maximum absolute atomic E-state index is 15.6. The number of amides is 1. The molecule has 0 aliphatic carbocycles. The van der Waals surface area contributed by atoms with Crippen molar-refractivity contribution in [2.45, 2.75) is 26.8 Å². The zero-order chi connectivity index (χ0) is 32.9. The lowest BCUT2D eigenvalue weighted by molar-refractivity contribution is -0.126. The Morgan fingerprint density at radius 3 is 2.44 bits per heavy atom. The summed E-state index contributed by atoms with van der Waals surface area (Å²) in [5.41, 5.74) is -0.509. The van der Waals surface area contributed by atoms with E-state index in [2.05, 4.69) is 17.6 Å². The van der Waals surface area contributed by atoms with Gasteiger partial charge >= 0.3 is 0 Å². The number of hydrogen-bond donors (Lipinski definition) is 1. The predicted octanol–water partition coefficient (Wildman–Crippen LogP) is 7.03. The van der Waals surface area contributed by atoms with Crippen molar-refractivity contribution >= 4 is 74.7 Å². The lowest BCUT2D eigenvalue weighted by atomic mass is 9.88. The number of piperazine rings is 1. The van der Waals surface area contributed by atoms with E-state index in [0.29, 0.717) is 37.3 Å². The SMILES string of the molecule is C=CC(=O)N1CCN(c2c(C#N)c(=O)n(C3C(C(C)C)=NC=C[C@H]3C)c3nc(-c4c(O)c(Cl)c(Cl)c(Cl)c4F)c(Cl)cc23)CC1. The monoisotopic (exact) mass is 690 g/mol. The van der Waals surface area contributed by atoms with E-state index in [-0.39, 0.29) is 50.4 Å². The zero-order valence-corrected chi connectivity index (χ0v) is 27.4. The molecule has 234 valence electrons. The van der Waals surface area contributed by atoms with Crippen LogP contribution in [0.5, 0.6) is 5.75 Å². The number of carbonyl (C=O) groups excluding carboxylic acids is 1. The Labute approximate surface area is 278 Å². The van der Waals surface area contributed by atoms with Gasteiger partial charge < -0.3 is 14.9 Å². The molecule has 5 rings (SSSR count). The summed E-state index contributed by atoms with van der Waals surface area (Å²) in [6, 6.07) is 2.90. The van der Waals surface area contributed by atoms with Crippen molar-refractivity contribution in [2.75, 3.05) is 31.1 Å². The van der Waals surface area contributed by atoms with Crippen LogP contribution >= 0.6 is 46.4 Å². The number of phenolic OH excluding ortho intramolecular Hbond substituents is 1. The second-order valence-corrected chi connectivity index (χ2v) is 12.6. The summed E-state index contributed by atoms with van der Waals surface area (Å²) in [5.74, 6) is -2.42. The number of halogens is 5. The maximum Gasteiger partial charge on any atom is 0.272 e. The van der Waals surface area contributed by atoms with Crippen LogP contribution in [0.25, 0.3) is 22.3 Å². The zero-order valence-electron chi connectivity index (χ0n) is 24.4. The van der Waals surface area contributed by atoms with Crippen LogP contribution in [0.1, 0.15) is 32.4 Å². The summed E-state index contributed by atoms with van der Waals surface area (Å²) in [5, 5.41) is 20.2. The van der Waals surface area contributed by atoms with Gasteiger partial charge in [-0.05, 0) is 18.1 Å². The van der Waals surface area contributed by atoms with Gasteiger partial charge in [-0.3, -0.25) is 19.1 Å². The average Bonchev–Trinajstić information content (AvgIpc) is 3.02. The smallest absolute Gasteiger partial charge is 0.272 e.